The van der Waals surface area contributed by atoms with Gasteiger partial charge in [-0.1, -0.05) is 41.9 Å². The highest BCUT2D eigenvalue weighted by Gasteiger charge is 2.09. The molecule has 2 N–H and O–H groups in total. The second-order valence-electron chi connectivity index (χ2n) is 4.84. The first-order valence-electron chi connectivity index (χ1n) is 6.89. The highest BCUT2D eigenvalue weighted by molar-refractivity contribution is 6.30. The van der Waals surface area contributed by atoms with Crippen molar-refractivity contribution in [1.82, 2.24) is 0 Å². The van der Waals surface area contributed by atoms with E-state index >= 15 is 0 Å². The van der Waals surface area contributed by atoms with E-state index in [-0.39, 0.29) is 6.04 Å². The summed E-state index contributed by atoms with van der Waals surface area (Å²) in [4.78, 5) is 0. The molecule has 0 fully saturated rings. The van der Waals surface area contributed by atoms with Gasteiger partial charge in [-0.3, -0.25) is 0 Å². The lowest BCUT2D eigenvalue weighted by Crippen LogP contribution is -2.25. The van der Waals surface area contributed by atoms with Gasteiger partial charge in [0.1, 0.15) is 5.75 Å². The van der Waals surface area contributed by atoms with Gasteiger partial charge in [0.15, 0.2) is 0 Å². The van der Waals surface area contributed by atoms with Gasteiger partial charge in [0.25, 0.3) is 0 Å². The van der Waals surface area contributed by atoms with Crippen LogP contribution in [0.3, 0.4) is 0 Å². The lowest BCUT2D eigenvalue weighted by molar-refractivity contribution is 0.335. The molecule has 0 bridgehead atoms. The summed E-state index contributed by atoms with van der Waals surface area (Å²) in [6.45, 7) is 2.66. The Morgan fingerprint density at radius 2 is 1.75 bits per heavy atom. The Morgan fingerprint density at radius 3 is 2.45 bits per heavy atom. The van der Waals surface area contributed by atoms with Gasteiger partial charge < -0.3 is 10.5 Å². The number of para-hydroxylation sites is 1. The molecule has 0 aliphatic heterocycles. The van der Waals surface area contributed by atoms with Crippen LogP contribution in [-0.2, 0) is 12.8 Å². The van der Waals surface area contributed by atoms with Crippen molar-refractivity contribution in [2.24, 2.45) is 5.73 Å². The van der Waals surface area contributed by atoms with E-state index < -0.39 is 0 Å². The summed E-state index contributed by atoms with van der Waals surface area (Å²) < 4.78 is 5.63. The van der Waals surface area contributed by atoms with E-state index in [2.05, 4.69) is 6.07 Å². The molecule has 20 heavy (non-hydrogen) atoms. The van der Waals surface area contributed by atoms with Crippen molar-refractivity contribution in [3.8, 4) is 5.75 Å². The van der Waals surface area contributed by atoms with Crippen LogP contribution in [0.4, 0.5) is 0 Å². The fourth-order valence-corrected chi connectivity index (χ4v) is 2.37. The number of nitrogens with two attached hydrogens (primary N) is 1. The van der Waals surface area contributed by atoms with Crippen LogP contribution < -0.4 is 10.5 Å². The first-order chi connectivity index (χ1) is 9.69. The molecule has 0 aliphatic rings. The Bertz CT molecular complexity index is 539. The molecule has 2 nitrogen and oxygen atoms in total. The Labute approximate surface area is 125 Å². The van der Waals surface area contributed by atoms with E-state index in [0.717, 1.165) is 29.2 Å². The van der Waals surface area contributed by atoms with E-state index in [0.29, 0.717) is 6.61 Å². The van der Waals surface area contributed by atoms with Crippen LogP contribution in [0.1, 0.15) is 18.1 Å². The molecular formula is C17H20ClNO. The second-order valence-corrected chi connectivity index (χ2v) is 5.27. The summed E-state index contributed by atoms with van der Waals surface area (Å²) >= 11 is 5.89. The van der Waals surface area contributed by atoms with Crippen molar-refractivity contribution >= 4 is 11.6 Å². The van der Waals surface area contributed by atoms with E-state index in [1.165, 1.54) is 5.56 Å². The topological polar surface area (TPSA) is 35.2 Å². The number of rotatable bonds is 6. The third-order valence-electron chi connectivity index (χ3n) is 3.17. The molecule has 1 unspecified atom stereocenters. The molecule has 3 heteroatoms. The summed E-state index contributed by atoms with van der Waals surface area (Å²) in [5.41, 5.74) is 8.62. The summed E-state index contributed by atoms with van der Waals surface area (Å²) in [6, 6.07) is 16.0. The summed E-state index contributed by atoms with van der Waals surface area (Å²) in [7, 11) is 0. The fraction of sp³-hybridized carbons (Fsp3) is 0.294. The van der Waals surface area contributed by atoms with Gasteiger partial charge in [0, 0.05) is 11.1 Å². The minimum atomic E-state index is 0.0674. The SMILES string of the molecule is CCOc1ccccc1CC(N)Cc1ccc(Cl)cc1. The molecule has 1 atom stereocenters. The van der Waals surface area contributed by atoms with E-state index in [4.69, 9.17) is 22.1 Å². The summed E-state index contributed by atoms with van der Waals surface area (Å²) in [5, 5.41) is 0.754. The second kappa shape index (κ2) is 7.32. The molecule has 0 amide bonds. The van der Waals surface area contributed by atoms with Gasteiger partial charge >= 0.3 is 0 Å². The van der Waals surface area contributed by atoms with Crippen LogP contribution in [0, 0.1) is 0 Å². The molecule has 2 rings (SSSR count). The molecular weight excluding hydrogens is 270 g/mol. The maximum absolute atomic E-state index is 6.25. The van der Waals surface area contributed by atoms with Gasteiger partial charge in [-0.05, 0) is 49.1 Å². The molecule has 0 spiro atoms. The first-order valence-corrected chi connectivity index (χ1v) is 7.27. The molecule has 2 aromatic rings. The molecule has 0 aromatic heterocycles. The zero-order valence-corrected chi connectivity index (χ0v) is 12.4. The van der Waals surface area contributed by atoms with Crippen LogP contribution in [0.2, 0.25) is 5.02 Å². The van der Waals surface area contributed by atoms with E-state index in [9.17, 15) is 0 Å². The monoisotopic (exact) mass is 289 g/mol. The minimum Gasteiger partial charge on any atom is -0.494 e. The molecule has 0 aliphatic carbocycles. The van der Waals surface area contributed by atoms with Crippen LogP contribution in [0.15, 0.2) is 48.5 Å². The van der Waals surface area contributed by atoms with Gasteiger partial charge in [-0.15, -0.1) is 0 Å². The lowest BCUT2D eigenvalue weighted by Gasteiger charge is -2.15. The van der Waals surface area contributed by atoms with Crippen molar-refractivity contribution in [3.63, 3.8) is 0 Å². The number of hydrogen-bond donors (Lipinski definition) is 1. The van der Waals surface area contributed by atoms with Gasteiger partial charge in [0.2, 0.25) is 0 Å². The average Bonchev–Trinajstić information content (AvgIpc) is 2.44. The van der Waals surface area contributed by atoms with E-state index in [1.807, 2.05) is 49.4 Å². The van der Waals surface area contributed by atoms with Crippen molar-refractivity contribution in [1.29, 1.82) is 0 Å². The number of halogens is 1. The smallest absolute Gasteiger partial charge is 0.122 e. The lowest BCUT2D eigenvalue weighted by atomic mass is 9.99. The predicted molar refractivity (Wildman–Crippen MR) is 84.4 cm³/mol. The molecule has 2 aromatic carbocycles. The number of hydrogen-bond acceptors (Lipinski definition) is 2. The zero-order valence-electron chi connectivity index (χ0n) is 11.7. The van der Waals surface area contributed by atoms with Crippen molar-refractivity contribution in [3.05, 3.63) is 64.7 Å². The van der Waals surface area contributed by atoms with Gasteiger partial charge in [-0.2, -0.15) is 0 Å². The summed E-state index contributed by atoms with van der Waals surface area (Å²) in [6.07, 6.45) is 1.64. The standard InChI is InChI=1S/C17H20ClNO/c1-2-20-17-6-4-3-5-14(17)12-16(19)11-13-7-9-15(18)10-8-13/h3-10,16H,2,11-12,19H2,1H3. The van der Waals surface area contributed by atoms with Crippen LogP contribution in [-0.4, -0.2) is 12.6 Å². The molecule has 0 saturated carbocycles. The normalized spacial score (nSPS) is 12.2. The van der Waals surface area contributed by atoms with E-state index in [1.54, 1.807) is 0 Å². The minimum absolute atomic E-state index is 0.0674. The third kappa shape index (κ3) is 4.26. The highest BCUT2D eigenvalue weighted by Crippen LogP contribution is 2.20. The fourth-order valence-electron chi connectivity index (χ4n) is 2.25. The molecule has 0 saturated heterocycles. The number of ether oxygens (including phenoxy) is 1. The van der Waals surface area contributed by atoms with Gasteiger partial charge in [-0.25, -0.2) is 0 Å². The number of benzene rings is 2. The highest BCUT2D eigenvalue weighted by atomic mass is 35.5. The Balaban J connectivity index is 2.00. The molecule has 0 heterocycles. The maximum Gasteiger partial charge on any atom is 0.122 e. The Kier molecular flexibility index (Phi) is 5.45. The largest absolute Gasteiger partial charge is 0.494 e. The molecule has 0 radical (unpaired) electrons. The van der Waals surface area contributed by atoms with Crippen LogP contribution in [0.5, 0.6) is 5.75 Å². The quantitative estimate of drug-likeness (QED) is 0.876. The van der Waals surface area contributed by atoms with Crippen LogP contribution in [0.25, 0.3) is 0 Å². The van der Waals surface area contributed by atoms with Crippen molar-refractivity contribution in [2.45, 2.75) is 25.8 Å². The molecule has 106 valence electrons. The van der Waals surface area contributed by atoms with Crippen molar-refractivity contribution in [2.75, 3.05) is 6.61 Å². The van der Waals surface area contributed by atoms with Gasteiger partial charge in [0.05, 0.1) is 6.61 Å². The Morgan fingerprint density at radius 1 is 1.05 bits per heavy atom. The maximum atomic E-state index is 6.25. The van der Waals surface area contributed by atoms with Crippen LogP contribution >= 0.6 is 11.6 Å². The summed E-state index contributed by atoms with van der Waals surface area (Å²) in [5.74, 6) is 0.932. The Hall–Kier alpha value is -1.51. The third-order valence-corrected chi connectivity index (χ3v) is 3.42. The zero-order chi connectivity index (χ0) is 14.4. The van der Waals surface area contributed by atoms with Crippen molar-refractivity contribution < 1.29 is 4.74 Å². The average molecular weight is 290 g/mol. The predicted octanol–water partition coefficient (Wildman–Crippen LogP) is 3.85. The first kappa shape index (κ1) is 14.9.